The fourth-order valence-corrected chi connectivity index (χ4v) is 5.12. The predicted molar refractivity (Wildman–Crippen MR) is 132 cm³/mol. The van der Waals surface area contributed by atoms with Crippen LogP contribution in [0, 0.1) is 5.41 Å². The molecule has 1 aromatic heterocycles. The van der Waals surface area contributed by atoms with E-state index >= 15 is 13.2 Å². The smallest absolute Gasteiger partial charge is 0.425 e. The molecule has 1 aliphatic carbocycles. The van der Waals surface area contributed by atoms with E-state index in [-0.39, 0.29) is 47.9 Å². The number of amides is 2. The van der Waals surface area contributed by atoms with Gasteiger partial charge in [-0.05, 0) is 35.6 Å². The van der Waals surface area contributed by atoms with Crippen molar-refractivity contribution in [2.75, 3.05) is 21.3 Å². The number of ether oxygens (including phenoxy) is 3. The molecule has 2 amide bonds. The van der Waals surface area contributed by atoms with Crippen LogP contribution >= 0.6 is 0 Å². The number of ketones is 1. The highest BCUT2D eigenvalue weighted by Gasteiger charge is 2.71. The van der Waals surface area contributed by atoms with E-state index in [4.69, 9.17) is 14.2 Å². The maximum absolute atomic E-state index is 15.1. The minimum atomic E-state index is -5.35. The number of aromatic nitrogens is 1. The Labute approximate surface area is 222 Å². The van der Waals surface area contributed by atoms with Gasteiger partial charge in [-0.2, -0.15) is 13.2 Å². The number of hydrogen-bond acceptors (Lipinski definition) is 7. The number of rotatable bonds is 7. The molecule has 1 atom stereocenters. The van der Waals surface area contributed by atoms with Crippen molar-refractivity contribution in [3.8, 4) is 17.2 Å². The van der Waals surface area contributed by atoms with Crippen LogP contribution in [0.5, 0.6) is 17.2 Å². The van der Waals surface area contributed by atoms with E-state index in [9.17, 15) is 14.4 Å². The largest absolute Gasteiger partial charge is 0.493 e. The fourth-order valence-electron chi connectivity index (χ4n) is 5.12. The van der Waals surface area contributed by atoms with E-state index in [0.717, 1.165) is 17.0 Å². The number of Topliss-reactive ketones (excluding diaryl/α,β-unsaturated/α-hetero) is 1. The van der Waals surface area contributed by atoms with Crippen molar-refractivity contribution in [2.24, 2.45) is 5.41 Å². The average Bonchev–Trinajstić information content (AvgIpc) is 3.10. The standard InChI is InChI=1S/C27H28F3N3O6/c1-25(2)11-17-21(18(34)12-25)26(27(28,29)30,24(36)33(17)14-15-7-6-8-31-13-15)32-23(35)16-9-19(37-3)22(39-5)20(10-16)38-4/h6-10,13H,11-12,14H2,1-5H3,(H,32,35)/t26-/m0/s1. The summed E-state index contributed by atoms with van der Waals surface area (Å²) in [5.74, 6) is -3.41. The molecule has 2 heterocycles. The first-order valence-electron chi connectivity index (χ1n) is 12.0. The van der Waals surface area contributed by atoms with Gasteiger partial charge in [0.05, 0.1) is 33.4 Å². The van der Waals surface area contributed by atoms with Crippen LogP contribution in [0.1, 0.15) is 42.6 Å². The van der Waals surface area contributed by atoms with Gasteiger partial charge in [-0.1, -0.05) is 19.9 Å². The number of halogens is 3. The summed E-state index contributed by atoms with van der Waals surface area (Å²) in [5.41, 5.74) is -4.95. The number of allylic oxidation sites excluding steroid dienone is 1. The Morgan fingerprint density at radius 3 is 2.23 bits per heavy atom. The molecule has 1 N–H and O–H groups in total. The first-order chi connectivity index (χ1) is 18.3. The van der Waals surface area contributed by atoms with Crippen LogP contribution in [-0.4, -0.2) is 60.5 Å². The van der Waals surface area contributed by atoms with E-state index in [1.807, 2.05) is 5.32 Å². The van der Waals surface area contributed by atoms with Crippen molar-refractivity contribution < 1.29 is 41.8 Å². The van der Waals surface area contributed by atoms with Crippen LogP contribution < -0.4 is 19.5 Å². The van der Waals surface area contributed by atoms with Gasteiger partial charge in [-0.25, -0.2) is 0 Å². The van der Waals surface area contributed by atoms with E-state index in [2.05, 4.69) is 4.98 Å². The Morgan fingerprint density at radius 2 is 1.72 bits per heavy atom. The molecule has 0 radical (unpaired) electrons. The summed E-state index contributed by atoms with van der Waals surface area (Å²) < 4.78 is 60.8. The summed E-state index contributed by atoms with van der Waals surface area (Å²) in [5, 5.41) is 1.91. The lowest BCUT2D eigenvalue weighted by atomic mass is 9.72. The van der Waals surface area contributed by atoms with Gasteiger partial charge in [0.25, 0.3) is 11.8 Å². The number of carbonyl (C=O) groups is 3. The molecule has 39 heavy (non-hydrogen) atoms. The van der Waals surface area contributed by atoms with Gasteiger partial charge in [0.15, 0.2) is 17.3 Å². The van der Waals surface area contributed by atoms with Gasteiger partial charge < -0.3 is 24.4 Å². The number of carbonyl (C=O) groups excluding carboxylic acids is 3. The highest BCUT2D eigenvalue weighted by molar-refractivity contribution is 6.14. The zero-order chi connectivity index (χ0) is 28.8. The minimum absolute atomic E-state index is 0.0226. The van der Waals surface area contributed by atoms with Crippen molar-refractivity contribution in [3.05, 3.63) is 59.1 Å². The quantitative estimate of drug-likeness (QED) is 0.562. The summed E-state index contributed by atoms with van der Waals surface area (Å²) in [6.45, 7) is 3.22. The maximum atomic E-state index is 15.1. The number of benzene rings is 1. The van der Waals surface area contributed by atoms with Crippen LogP contribution in [0.2, 0.25) is 0 Å². The van der Waals surface area contributed by atoms with Crippen LogP contribution in [0.3, 0.4) is 0 Å². The Morgan fingerprint density at radius 1 is 1.08 bits per heavy atom. The second-order valence-electron chi connectivity index (χ2n) is 10.1. The molecule has 0 bridgehead atoms. The van der Waals surface area contributed by atoms with Crippen LogP contribution in [-0.2, 0) is 16.1 Å². The molecule has 0 saturated heterocycles. The van der Waals surface area contributed by atoms with Crippen molar-refractivity contribution in [1.29, 1.82) is 0 Å². The predicted octanol–water partition coefficient (Wildman–Crippen LogP) is 3.82. The van der Waals surface area contributed by atoms with Gasteiger partial charge in [0.1, 0.15) is 0 Å². The Hall–Kier alpha value is -4.09. The monoisotopic (exact) mass is 547 g/mol. The van der Waals surface area contributed by atoms with Gasteiger partial charge in [-0.15, -0.1) is 0 Å². The lowest BCUT2D eigenvalue weighted by molar-refractivity contribution is -0.190. The lowest BCUT2D eigenvalue weighted by Gasteiger charge is -2.35. The number of methoxy groups -OCH3 is 3. The highest BCUT2D eigenvalue weighted by atomic mass is 19.4. The van der Waals surface area contributed by atoms with E-state index in [1.54, 1.807) is 26.0 Å². The lowest BCUT2D eigenvalue weighted by Crippen LogP contribution is -2.66. The first kappa shape index (κ1) is 27.9. The number of nitrogens with one attached hydrogen (secondary N) is 1. The van der Waals surface area contributed by atoms with Gasteiger partial charge in [-0.3, -0.25) is 19.4 Å². The Kier molecular flexibility index (Phi) is 7.09. The zero-order valence-corrected chi connectivity index (χ0v) is 22.1. The average molecular weight is 548 g/mol. The number of pyridine rings is 1. The minimum Gasteiger partial charge on any atom is -0.493 e. The molecular formula is C27H28F3N3O6. The van der Waals surface area contributed by atoms with Crippen molar-refractivity contribution >= 4 is 17.6 Å². The topological polar surface area (TPSA) is 107 Å². The maximum Gasteiger partial charge on any atom is 0.425 e. The molecule has 9 nitrogen and oxygen atoms in total. The molecule has 0 unspecified atom stereocenters. The summed E-state index contributed by atoms with van der Waals surface area (Å²) in [4.78, 5) is 45.5. The molecule has 0 saturated carbocycles. The van der Waals surface area contributed by atoms with Crippen molar-refractivity contribution in [2.45, 2.75) is 44.9 Å². The molecular weight excluding hydrogens is 519 g/mol. The second kappa shape index (κ2) is 9.90. The van der Waals surface area contributed by atoms with Crippen molar-refractivity contribution in [1.82, 2.24) is 15.2 Å². The van der Waals surface area contributed by atoms with Gasteiger partial charge in [0.2, 0.25) is 11.3 Å². The SMILES string of the molecule is COc1cc(C(=O)N[C@]2(C(F)(F)F)C(=O)N(Cc3cccnc3)C3=C2C(=O)CC(C)(C)C3)cc(OC)c1OC. The molecule has 0 fully saturated rings. The number of alkyl halides is 3. The third kappa shape index (κ3) is 4.68. The summed E-state index contributed by atoms with van der Waals surface area (Å²) in [6, 6.07) is 5.52. The van der Waals surface area contributed by atoms with E-state index < -0.39 is 40.3 Å². The summed E-state index contributed by atoms with van der Waals surface area (Å²) in [7, 11) is 3.90. The summed E-state index contributed by atoms with van der Waals surface area (Å²) in [6.07, 6.45) is -2.63. The van der Waals surface area contributed by atoms with Crippen LogP contribution in [0.25, 0.3) is 0 Å². The van der Waals surface area contributed by atoms with E-state index in [0.29, 0.717) is 5.56 Å². The van der Waals surface area contributed by atoms with Gasteiger partial charge >= 0.3 is 6.18 Å². The number of nitrogens with zero attached hydrogens (tertiary/aromatic N) is 2. The number of hydrogen-bond donors (Lipinski definition) is 1. The van der Waals surface area contributed by atoms with Gasteiger partial charge in [0, 0.05) is 30.1 Å². The Bertz CT molecular complexity index is 1330. The zero-order valence-electron chi connectivity index (χ0n) is 22.1. The molecule has 1 aromatic carbocycles. The molecule has 1 aliphatic heterocycles. The first-order valence-corrected chi connectivity index (χ1v) is 12.0. The van der Waals surface area contributed by atoms with Crippen molar-refractivity contribution in [3.63, 3.8) is 0 Å². The summed E-state index contributed by atoms with van der Waals surface area (Å²) >= 11 is 0. The molecule has 0 spiro atoms. The molecule has 12 heteroatoms. The van der Waals surface area contributed by atoms with Crippen LogP contribution in [0.15, 0.2) is 47.9 Å². The third-order valence-electron chi connectivity index (χ3n) is 6.84. The van der Waals surface area contributed by atoms with E-state index in [1.165, 1.54) is 33.7 Å². The van der Waals surface area contributed by atoms with Crippen LogP contribution in [0.4, 0.5) is 13.2 Å². The fraction of sp³-hybridized carbons (Fsp3) is 0.407. The Balaban J connectivity index is 1.87. The molecule has 4 rings (SSSR count). The molecule has 2 aromatic rings. The highest BCUT2D eigenvalue weighted by Crippen LogP contribution is 2.52. The third-order valence-corrected chi connectivity index (χ3v) is 6.84. The second-order valence-corrected chi connectivity index (χ2v) is 10.1. The molecule has 208 valence electrons. The normalized spacial score (nSPS) is 20.6. The molecule has 2 aliphatic rings.